The Bertz CT molecular complexity index is 965. The van der Waals surface area contributed by atoms with E-state index >= 15 is 0 Å². The molecule has 4 rings (SSSR count). The van der Waals surface area contributed by atoms with Gasteiger partial charge in [-0.05, 0) is 49.8 Å². The van der Waals surface area contributed by atoms with Crippen molar-refractivity contribution >= 4 is 17.8 Å². The Morgan fingerprint density at radius 1 is 1.00 bits per heavy atom. The average molecular weight is 435 g/mol. The summed E-state index contributed by atoms with van der Waals surface area (Å²) < 4.78 is 5.97. The Labute approximate surface area is 188 Å². The van der Waals surface area contributed by atoms with Gasteiger partial charge in [-0.2, -0.15) is 0 Å². The molecule has 0 spiro atoms. The zero-order valence-electron chi connectivity index (χ0n) is 18.5. The summed E-state index contributed by atoms with van der Waals surface area (Å²) in [6.45, 7) is 2.53. The smallest absolute Gasteiger partial charge is 0.261 e. The minimum absolute atomic E-state index is 0.196. The number of guanidine groups is 1. The Kier molecular flexibility index (Phi) is 7.04. The Hall–Kier alpha value is -3.35. The summed E-state index contributed by atoms with van der Waals surface area (Å²) in [6, 6.07) is 15.1. The second-order valence-corrected chi connectivity index (χ2v) is 8.23. The molecular formula is C25H30N4O3. The van der Waals surface area contributed by atoms with Gasteiger partial charge in [0.05, 0.1) is 17.7 Å². The van der Waals surface area contributed by atoms with E-state index in [1.807, 2.05) is 18.2 Å². The maximum Gasteiger partial charge on any atom is 0.261 e. The summed E-state index contributed by atoms with van der Waals surface area (Å²) in [4.78, 5) is 30.4. The molecule has 2 N–H and O–H groups in total. The number of hydrogen-bond donors (Lipinski definition) is 2. The van der Waals surface area contributed by atoms with Crippen LogP contribution in [0.2, 0.25) is 0 Å². The fraction of sp³-hybridized carbons (Fsp3) is 0.400. The molecule has 2 amide bonds. The second kappa shape index (κ2) is 10.3. The summed E-state index contributed by atoms with van der Waals surface area (Å²) in [6.07, 6.45) is 4.08. The normalized spacial score (nSPS) is 15.7. The lowest BCUT2D eigenvalue weighted by Gasteiger charge is -2.16. The Morgan fingerprint density at radius 2 is 1.69 bits per heavy atom. The monoisotopic (exact) mass is 434 g/mol. The lowest BCUT2D eigenvalue weighted by Crippen LogP contribution is -2.37. The number of fused-ring (bicyclic) bond motifs is 1. The molecule has 2 aromatic carbocycles. The number of para-hydroxylation sites is 1. The third-order valence-electron chi connectivity index (χ3n) is 5.79. The van der Waals surface area contributed by atoms with Crippen LogP contribution < -0.4 is 15.4 Å². The van der Waals surface area contributed by atoms with Crippen molar-refractivity contribution < 1.29 is 14.3 Å². The van der Waals surface area contributed by atoms with E-state index < -0.39 is 0 Å². The van der Waals surface area contributed by atoms with Crippen molar-refractivity contribution in [3.8, 4) is 5.75 Å². The lowest BCUT2D eigenvalue weighted by atomic mass is 10.1. The van der Waals surface area contributed by atoms with Gasteiger partial charge in [0, 0.05) is 32.2 Å². The zero-order chi connectivity index (χ0) is 22.3. The molecule has 0 radical (unpaired) electrons. The number of nitrogens with one attached hydrogen (secondary N) is 2. The fourth-order valence-corrected chi connectivity index (χ4v) is 3.73. The number of imide groups is 1. The lowest BCUT2D eigenvalue weighted by molar-refractivity contribution is 0.0652. The zero-order valence-corrected chi connectivity index (χ0v) is 18.5. The minimum Gasteiger partial charge on any atom is -0.493 e. The second-order valence-electron chi connectivity index (χ2n) is 8.23. The van der Waals surface area contributed by atoms with E-state index in [2.05, 4.69) is 21.7 Å². The summed E-state index contributed by atoms with van der Waals surface area (Å²) in [5.41, 5.74) is 2.10. The van der Waals surface area contributed by atoms with Crippen LogP contribution >= 0.6 is 0 Å². The maximum atomic E-state index is 12.4. The predicted octanol–water partition coefficient (Wildman–Crippen LogP) is 3.22. The van der Waals surface area contributed by atoms with Gasteiger partial charge in [0.15, 0.2) is 5.96 Å². The summed E-state index contributed by atoms with van der Waals surface area (Å²) in [7, 11) is 1.74. The van der Waals surface area contributed by atoms with Crippen LogP contribution in [0.1, 0.15) is 52.0 Å². The quantitative estimate of drug-likeness (QED) is 0.260. The standard InChI is InChI=1S/C25H30N4O3/c1-26-25(28-16-19-8-2-5-11-22(19)32-17-18-12-13-18)27-14-6-7-15-29-23(30)20-9-3-4-10-21(20)24(29)31/h2-5,8-11,18H,6-7,12-17H2,1H3,(H2,26,27,28). The van der Waals surface area contributed by atoms with Gasteiger partial charge in [0.25, 0.3) is 11.8 Å². The van der Waals surface area contributed by atoms with E-state index in [1.165, 1.54) is 17.7 Å². The van der Waals surface area contributed by atoms with E-state index in [0.29, 0.717) is 42.6 Å². The molecule has 1 heterocycles. The highest BCUT2D eigenvalue weighted by atomic mass is 16.5. The number of nitrogens with zero attached hydrogens (tertiary/aromatic N) is 2. The topological polar surface area (TPSA) is 83.0 Å². The number of benzene rings is 2. The third-order valence-corrected chi connectivity index (χ3v) is 5.79. The largest absolute Gasteiger partial charge is 0.493 e. The van der Waals surface area contributed by atoms with Crippen LogP contribution in [0.25, 0.3) is 0 Å². The summed E-state index contributed by atoms with van der Waals surface area (Å²) >= 11 is 0. The molecule has 0 aromatic heterocycles. The van der Waals surface area contributed by atoms with Crippen molar-refractivity contribution in [2.45, 2.75) is 32.2 Å². The van der Waals surface area contributed by atoms with Gasteiger partial charge in [-0.15, -0.1) is 0 Å². The highest BCUT2D eigenvalue weighted by Crippen LogP contribution is 2.30. The molecule has 32 heavy (non-hydrogen) atoms. The van der Waals surface area contributed by atoms with Crippen molar-refractivity contribution in [1.29, 1.82) is 0 Å². The van der Waals surface area contributed by atoms with Crippen LogP contribution in [0.5, 0.6) is 5.75 Å². The molecule has 1 saturated carbocycles. The molecule has 2 aromatic rings. The molecule has 0 atom stereocenters. The van der Waals surface area contributed by atoms with E-state index in [1.54, 1.807) is 31.3 Å². The fourth-order valence-electron chi connectivity index (χ4n) is 3.73. The molecular weight excluding hydrogens is 404 g/mol. The van der Waals surface area contributed by atoms with E-state index in [0.717, 1.165) is 30.8 Å². The molecule has 1 fully saturated rings. The van der Waals surface area contributed by atoms with E-state index in [9.17, 15) is 9.59 Å². The van der Waals surface area contributed by atoms with Gasteiger partial charge in [0.2, 0.25) is 0 Å². The SMILES string of the molecule is CN=C(NCCCCN1C(=O)c2ccccc2C1=O)NCc1ccccc1OCC1CC1. The van der Waals surface area contributed by atoms with Crippen molar-refractivity contribution in [3.05, 3.63) is 65.2 Å². The van der Waals surface area contributed by atoms with Crippen LogP contribution in [0.15, 0.2) is 53.5 Å². The molecule has 0 bridgehead atoms. The highest BCUT2D eigenvalue weighted by Gasteiger charge is 2.34. The van der Waals surface area contributed by atoms with Gasteiger partial charge < -0.3 is 15.4 Å². The first-order valence-corrected chi connectivity index (χ1v) is 11.3. The van der Waals surface area contributed by atoms with Crippen LogP contribution in [-0.2, 0) is 6.54 Å². The first kappa shape index (κ1) is 21.9. The molecule has 7 heteroatoms. The van der Waals surface area contributed by atoms with Crippen LogP contribution in [0, 0.1) is 5.92 Å². The summed E-state index contributed by atoms with van der Waals surface area (Å²) in [5, 5.41) is 6.62. The molecule has 168 valence electrons. The molecule has 7 nitrogen and oxygen atoms in total. The number of amides is 2. The third kappa shape index (κ3) is 5.28. The number of hydrogen-bond acceptors (Lipinski definition) is 4. The number of carbonyl (C=O) groups is 2. The highest BCUT2D eigenvalue weighted by molar-refractivity contribution is 6.21. The Balaban J connectivity index is 1.18. The first-order chi connectivity index (χ1) is 15.7. The van der Waals surface area contributed by atoms with Gasteiger partial charge in [0.1, 0.15) is 5.75 Å². The van der Waals surface area contributed by atoms with Crippen molar-refractivity contribution in [3.63, 3.8) is 0 Å². The van der Waals surface area contributed by atoms with E-state index in [-0.39, 0.29) is 11.8 Å². The molecule has 1 aliphatic heterocycles. The number of ether oxygens (including phenoxy) is 1. The van der Waals surface area contributed by atoms with Crippen molar-refractivity contribution in [2.24, 2.45) is 10.9 Å². The maximum absolute atomic E-state index is 12.4. The minimum atomic E-state index is -0.196. The average Bonchev–Trinajstić information content (AvgIpc) is 3.62. The van der Waals surface area contributed by atoms with Gasteiger partial charge in [-0.1, -0.05) is 30.3 Å². The number of unbranched alkanes of at least 4 members (excludes halogenated alkanes) is 1. The van der Waals surface area contributed by atoms with Crippen molar-refractivity contribution in [2.75, 3.05) is 26.7 Å². The van der Waals surface area contributed by atoms with Gasteiger partial charge >= 0.3 is 0 Å². The number of rotatable bonds is 10. The Morgan fingerprint density at radius 3 is 2.38 bits per heavy atom. The summed E-state index contributed by atoms with van der Waals surface area (Å²) in [5.74, 6) is 1.95. The molecule has 1 aliphatic carbocycles. The molecule has 2 aliphatic rings. The molecule has 0 unspecified atom stereocenters. The number of carbonyl (C=O) groups excluding carboxylic acids is 2. The van der Waals surface area contributed by atoms with Crippen LogP contribution in [0.3, 0.4) is 0 Å². The van der Waals surface area contributed by atoms with Gasteiger partial charge in [-0.25, -0.2) is 0 Å². The number of aliphatic imine (C=N–C) groups is 1. The van der Waals surface area contributed by atoms with Gasteiger partial charge in [-0.3, -0.25) is 19.5 Å². The van der Waals surface area contributed by atoms with Crippen LogP contribution in [-0.4, -0.2) is 49.4 Å². The first-order valence-electron chi connectivity index (χ1n) is 11.3. The van der Waals surface area contributed by atoms with Crippen LogP contribution in [0.4, 0.5) is 0 Å². The van der Waals surface area contributed by atoms with E-state index in [4.69, 9.17) is 4.74 Å². The van der Waals surface area contributed by atoms with Crippen molar-refractivity contribution in [1.82, 2.24) is 15.5 Å². The molecule has 0 saturated heterocycles. The predicted molar refractivity (Wildman–Crippen MR) is 124 cm³/mol.